The fraction of sp³-hybridized carbons (Fsp3) is 0.636. The lowest BCUT2D eigenvalue weighted by atomic mass is 10.2. The molecule has 15 heteroatoms. The molecule has 1 saturated heterocycles. The fourth-order valence-electron chi connectivity index (χ4n) is 2.16. The van der Waals surface area contributed by atoms with Gasteiger partial charge in [0.1, 0.15) is 12.3 Å². The summed E-state index contributed by atoms with van der Waals surface area (Å²) in [5, 5.41) is 9.91. The van der Waals surface area contributed by atoms with Crippen molar-refractivity contribution < 1.29 is 42.5 Å². The van der Waals surface area contributed by atoms with Crippen molar-refractivity contribution in [2.24, 2.45) is 0 Å². The number of aromatic amines is 1. The van der Waals surface area contributed by atoms with Crippen LogP contribution in [-0.4, -0.2) is 48.2 Å². The molecule has 0 radical (unpaired) electrons. The van der Waals surface area contributed by atoms with Crippen molar-refractivity contribution in [3.05, 3.63) is 32.6 Å². The highest BCUT2D eigenvalue weighted by atomic mass is 31.3. The van der Waals surface area contributed by atoms with Crippen molar-refractivity contribution in [3.63, 3.8) is 0 Å². The molecule has 0 amide bonds. The Morgan fingerprint density at radius 2 is 1.96 bits per heavy atom. The number of phosphoric acid groups is 2. The number of nitrogens with zero attached hydrogens (tertiary/aromatic N) is 1. The Labute approximate surface area is 147 Å². The summed E-state index contributed by atoms with van der Waals surface area (Å²) in [4.78, 5) is 51.4. The number of nitrogens with one attached hydrogen (secondary N) is 1. The van der Waals surface area contributed by atoms with E-state index in [2.05, 4.69) is 13.8 Å². The number of aliphatic hydroxyl groups is 1. The van der Waals surface area contributed by atoms with Crippen LogP contribution in [0, 0.1) is 6.92 Å². The van der Waals surface area contributed by atoms with Crippen LogP contribution in [0.5, 0.6) is 0 Å². The van der Waals surface area contributed by atoms with Crippen molar-refractivity contribution in [1.29, 1.82) is 0 Å². The molecule has 26 heavy (non-hydrogen) atoms. The highest BCUT2D eigenvalue weighted by molar-refractivity contribution is 7.60. The van der Waals surface area contributed by atoms with Crippen molar-refractivity contribution in [2.45, 2.75) is 39.2 Å². The van der Waals surface area contributed by atoms with Gasteiger partial charge in [0.2, 0.25) is 0 Å². The first-order chi connectivity index (χ1) is 11.4. The van der Waals surface area contributed by atoms with Crippen molar-refractivity contribution in [1.82, 2.24) is 9.55 Å². The summed E-state index contributed by atoms with van der Waals surface area (Å²) in [5.41, 5.74) is -1.12. The van der Waals surface area contributed by atoms with Gasteiger partial charge in [-0.05, 0) is 6.92 Å². The van der Waals surface area contributed by atoms with Crippen LogP contribution in [0.1, 0.15) is 25.6 Å². The van der Waals surface area contributed by atoms with Gasteiger partial charge in [0.25, 0.3) is 5.56 Å². The Kier molecular flexibility index (Phi) is 7.27. The van der Waals surface area contributed by atoms with Crippen molar-refractivity contribution in [3.8, 4) is 0 Å². The normalized spacial score (nSPS) is 25.5. The maximum Gasteiger partial charge on any atom is 0.481 e. The van der Waals surface area contributed by atoms with E-state index in [0.29, 0.717) is 0 Å². The summed E-state index contributed by atoms with van der Waals surface area (Å²) in [6.45, 7) is 0.727. The monoisotopic (exact) mass is 418 g/mol. The quantitative estimate of drug-likeness (QED) is 0.368. The third-order valence-corrected chi connectivity index (χ3v) is 5.42. The molecule has 0 saturated carbocycles. The van der Waals surface area contributed by atoms with E-state index in [1.165, 1.54) is 13.1 Å². The summed E-state index contributed by atoms with van der Waals surface area (Å²) in [6, 6.07) is 0. The summed E-state index contributed by atoms with van der Waals surface area (Å²) in [7, 11) is -10.3. The van der Waals surface area contributed by atoms with Crippen LogP contribution in [0.15, 0.2) is 15.8 Å². The SMILES string of the molecule is C.Cc1cn([C@H]2C[C@@H](O)[C@@H](COP(=O)(O)OP(=O)(O)O)O2)c(=O)[nH]c1=O. The Balaban J connectivity index is 0.00000338. The molecule has 1 aromatic rings. The maximum atomic E-state index is 11.8. The Morgan fingerprint density at radius 1 is 1.35 bits per heavy atom. The fourth-order valence-corrected chi connectivity index (χ4v) is 3.76. The highest BCUT2D eigenvalue weighted by Crippen LogP contribution is 2.57. The zero-order chi connectivity index (χ0) is 19.0. The Bertz CT molecular complexity index is 843. The van der Waals surface area contributed by atoms with Crippen LogP contribution in [0.4, 0.5) is 0 Å². The maximum absolute atomic E-state index is 11.8. The molecule has 2 heterocycles. The molecule has 5 N–H and O–H groups in total. The second-order valence-electron chi connectivity index (χ2n) is 5.25. The standard InChI is InChI=1S/C10H16N2O11P2.CH4/c1-5-3-12(10(15)11-9(5)14)8-2-6(13)7(22-8)4-21-25(19,20)23-24(16,17)18;/h3,6-8,13H,2,4H2,1H3,(H,19,20)(H,11,14,15)(H2,16,17,18);1H4/t6-,7-,8-;/m1./s1. The molecule has 1 aromatic heterocycles. The van der Waals surface area contributed by atoms with Crippen LogP contribution in [-0.2, 0) is 22.7 Å². The van der Waals surface area contributed by atoms with Crippen LogP contribution < -0.4 is 11.2 Å². The first-order valence-electron chi connectivity index (χ1n) is 6.78. The number of rotatable bonds is 6. The van der Waals surface area contributed by atoms with Crippen LogP contribution >= 0.6 is 15.6 Å². The third kappa shape index (κ3) is 5.95. The number of aromatic nitrogens is 2. The van der Waals surface area contributed by atoms with Crippen molar-refractivity contribution >= 4 is 15.6 Å². The summed E-state index contributed by atoms with van der Waals surface area (Å²) in [6.07, 6.45) is -2.22. The van der Waals surface area contributed by atoms with E-state index < -0.39 is 51.9 Å². The first-order valence-corrected chi connectivity index (χ1v) is 9.80. The smallest absolute Gasteiger partial charge is 0.390 e. The molecular weight excluding hydrogens is 398 g/mol. The number of H-pyrrole nitrogens is 1. The minimum atomic E-state index is -5.26. The molecule has 0 bridgehead atoms. The van der Waals surface area contributed by atoms with Gasteiger partial charge in [0.05, 0.1) is 12.7 Å². The summed E-state index contributed by atoms with van der Waals surface area (Å²) in [5.74, 6) is 0. The van der Waals surface area contributed by atoms with Crippen LogP contribution in [0.3, 0.4) is 0 Å². The van der Waals surface area contributed by atoms with Gasteiger partial charge in [-0.3, -0.25) is 18.9 Å². The van der Waals surface area contributed by atoms with Gasteiger partial charge in [-0.15, -0.1) is 0 Å². The predicted octanol–water partition coefficient (Wildman–Crippen LogP) is -0.644. The van der Waals surface area contributed by atoms with Gasteiger partial charge < -0.3 is 24.5 Å². The van der Waals surface area contributed by atoms with Gasteiger partial charge in [-0.2, -0.15) is 4.31 Å². The van der Waals surface area contributed by atoms with Crippen LogP contribution in [0.25, 0.3) is 0 Å². The number of hydrogen-bond donors (Lipinski definition) is 5. The number of ether oxygens (including phenoxy) is 1. The molecule has 150 valence electrons. The Morgan fingerprint density at radius 3 is 2.54 bits per heavy atom. The van der Waals surface area contributed by atoms with E-state index in [-0.39, 0.29) is 19.4 Å². The van der Waals surface area contributed by atoms with E-state index >= 15 is 0 Å². The number of phosphoric ester groups is 1. The van der Waals surface area contributed by atoms with Gasteiger partial charge >= 0.3 is 21.3 Å². The van der Waals surface area contributed by atoms with Gasteiger partial charge in [-0.1, -0.05) is 7.43 Å². The highest BCUT2D eigenvalue weighted by Gasteiger charge is 2.39. The molecule has 0 aliphatic carbocycles. The van der Waals surface area contributed by atoms with Crippen molar-refractivity contribution in [2.75, 3.05) is 6.61 Å². The van der Waals surface area contributed by atoms with E-state index in [4.69, 9.17) is 14.5 Å². The number of hydrogen-bond acceptors (Lipinski definition) is 8. The van der Waals surface area contributed by atoms with Gasteiger partial charge in [0.15, 0.2) is 0 Å². The zero-order valence-corrected chi connectivity index (χ0v) is 14.5. The van der Waals surface area contributed by atoms with Gasteiger partial charge in [-0.25, -0.2) is 13.9 Å². The largest absolute Gasteiger partial charge is 0.481 e. The number of aryl methyl sites for hydroxylation is 1. The first kappa shape index (κ1) is 22.9. The summed E-state index contributed by atoms with van der Waals surface area (Å²) >= 11 is 0. The van der Waals surface area contributed by atoms with Gasteiger partial charge in [0, 0.05) is 18.2 Å². The third-order valence-electron chi connectivity index (χ3n) is 3.27. The summed E-state index contributed by atoms with van der Waals surface area (Å²) < 4.78 is 36.3. The second-order valence-corrected chi connectivity index (χ2v) is 8.08. The minimum Gasteiger partial charge on any atom is -0.390 e. The molecule has 1 aliphatic heterocycles. The number of aliphatic hydroxyl groups excluding tert-OH is 1. The molecule has 2 rings (SSSR count). The minimum absolute atomic E-state index is 0. The van der Waals surface area contributed by atoms with E-state index in [1.807, 2.05) is 0 Å². The lowest BCUT2D eigenvalue weighted by molar-refractivity contribution is -0.0450. The predicted molar refractivity (Wildman–Crippen MR) is 86.2 cm³/mol. The molecule has 1 aliphatic rings. The van der Waals surface area contributed by atoms with E-state index in [0.717, 1.165) is 4.57 Å². The molecule has 0 spiro atoms. The molecule has 1 unspecified atom stereocenters. The molecule has 1 fully saturated rings. The van der Waals surface area contributed by atoms with E-state index in [1.54, 1.807) is 0 Å². The van der Waals surface area contributed by atoms with E-state index in [9.17, 15) is 28.7 Å². The lowest BCUT2D eigenvalue weighted by Crippen LogP contribution is -2.33. The molecule has 0 aromatic carbocycles. The average molecular weight is 418 g/mol. The lowest BCUT2D eigenvalue weighted by Gasteiger charge is -2.18. The molecule has 4 atom stereocenters. The average Bonchev–Trinajstić information content (AvgIpc) is 2.79. The second kappa shape index (κ2) is 8.26. The zero-order valence-electron chi connectivity index (χ0n) is 12.7. The molecule has 13 nitrogen and oxygen atoms in total. The van der Waals surface area contributed by atoms with Crippen LogP contribution in [0.2, 0.25) is 0 Å². The molecular formula is C11H20N2O11P2. The Hall–Kier alpha value is -1.14. The topological polar surface area (TPSA) is 198 Å².